The predicted octanol–water partition coefficient (Wildman–Crippen LogP) is 3.00. The van der Waals surface area contributed by atoms with Crippen LogP contribution in [0.2, 0.25) is 0 Å². The molecule has 2 aliphatic rings. The quantitative estimate of drug-likeness (QED) is 0.820. The first-order valence-electron chi connectivity index (χ1n) is 9.73. The van der Waals surface area contributed by atoms with Gasteiger partial charge in [0, 0.05) is 13.1 Å². The lowest BCUT2D eigenvalue weighted by atomic mass is 9.96. The third-order valence-electron chi connectivity index (χ3n) is 5.61. The van der Waals surface area contributed by atoms with E-state index in [0.29, 0.717) is 24.0 Å². The number of hydrogen-bond donors (Lipinski definition) is 1. The van der Waals surface area contributed by atoms with Gasteiger partial charge >= 0.3 is 0 Å². The number of hydrogen-bond acceptors (Lipinski definition) is 6. The van der Waals surface area contributed by atoms with E-state index in [1.165, 1.54) is 0 Å². The van der Waals surface area contributed by atoms with Gasteiger partial charge in [0.25, 0.3) is 5.91 Å². The molecule has 1 aliphatic carbocycles. The van der Waals surface area contributed by atoms with Crippen molar-refractivity contribution < 1.29 is 14.1 Å². The molecule has 1 atom stereocenters. The third-order valence-corrected chi connectivity index (χ3v) is 5.61. The van der Waals surface area contributed by atoms with Crippen LogP contribution in [0.25, 0.3) is 0 Å². The lowest BCUT2D eigenvalue weighted by molar-refractivity contribution is -0.134. The van der Waals surface area contributed by atoms with Crippen molar-refractivity contribution in [3.05, 3.63) is 42.0 Å². The topological polar surface area (TPSA) is 94.5 Å². The minimum absolute atomic E-state index is 0. The van der Waals surface area contributed by atoms with Crippen molar-refractivity contribution in [1.29, 1.82) is 0 Å². The van der Waals surface area contributed by atoms with Crippen molar-refractivity contribution in [2.75, 3.05) is 19.7 Å². The van der Waals surface area contributed by atoms with Crippen molar-refractivity contribution >= 4 is 18.3 Å². The van der Waals surface area contributed by atoms with E-state index in [1.54, 1.807) is 0 Å². The first-order valence-corrected chi connectivity index (χ1v) is 9.73. The van der Waals surface area contributed by atoms with Crippen LogP contribution in [0.3, 0.4) is 0 Å². The van der Waals surface area contributed by atoms with Crippen LogP contribution in [-0.4, -0.2) is 40.6 Å². The molecule has 0 bridgehead atoms. The monoisotopic (exact) mass is 406 g/mol. The molecule has 2 aromatic rings. The molecule has 1 aromatic carbocycles. The SMILES string of the molecule is Cl.NC1(c2noc(C3CCCN(C(=O)COc4ccccc4)C3)n2)CCCC1. The molecule has 0 spiro atoms. The lowest BCUT2D eigenvalue weighted by Gasteiger charge is -2.31. The number of para-hydroxylation sites is 1. The average Bonchev–Trinajstić information content (AvgIpc) is 3.37. The highest BCUT2D eigenvalue weighted by molar-refractivity contribution is 5.85. The summed E-state index contributed by atoms with van der Waals surface area (Å²) in [4.78, 5) is 19.0. The van der Waals surface area contributed by atoms with Crippen LogP contribution in [0.1, 0.15) is 56.2 Å². The van der Waals surface area contributed by atoms with E-state index in [0.717, 1.165) is 45.1 Å². The molecule has 1 aromatic heterocycles. The van der Waals surface area contributed by atoms with Gasteiger partial charge in [-0.3, -0.25) is 4.79 Å². The molecule has 2 fully saturated rings. The Balaban J connectivity index is 0.00000225. The fraction of sp³-hybridized carbons (Fsp3) is 0.550. The summed E-state index contributed by atoms with van der Waals surface area (Å²) in [6.07, 6.45) is 5.85. The summed E-state index contributed by atoms with van der Waals surface area (Å²) in [5.41, 5.74) is 5.98. The van der Waals surface area contributed by atoms with E-state index in [9.17, 15) is 4.79 Å². The number of nitrogens with two attached hydrogens (primary N) is 1. The van der Waals surface area contributed by atoms with Crippen molar-refractivity contribution in [3.8, 4) is 5.75 Å². The van der Waals surface area contributed by atoms with Gasteiger partial charge in [0.1, 0.15) is 5.75 Å². The molecule has 1 saturated carbocycles. The molecule has 152 valence electrons. The van der Waals surface area contributed by atoms with Gasteiger partial charge in [0.05, 0.1) is 11.5 Å². The highest BCUT2D eigenvalue weighted by atomic mass is 35.5. The number of benzene rings is 1. The molecule has 2 heterocycles. The minimum atomic E-state index is -0.449. The van der Waals surface area contributed by atoms with Crippen LogP contribution in [0, 0.1) is 0 Å². The third kappa shape index (κ3) is 4.47. The van der Waals surface area contributed by atoms with E-state index >= 15 is 0 Å². The standard InChI is InChI=1S/C20H26N4O3.ClH/c21-20(10-4-5-11-20)19-22-18(27-23-19)15-7-6-12-24(13-15)17(25)14-26-16-8-2-1-3-9-16;/h1-3,8-9,15H,4-7,10-14,21H2;1H. The Bertz CT molecular complexity index is 777. The van der Waals surface area contributed by atoms with E-state index in [4.69, 9.17) is 15.0 Å². The molecule has 2 N–H and O–H groups in total. The maximum atomic E-state index is 12.5. The maximum absolute atomic E-state index is 12.5. The molecule has 0 radical (unpaired) electrons. The summed E-state index contributed by atoms with van der Waals surface area (Å²) in [7, 11) is 0. The van der Waals surface area contributed by atoms with Gasteiger partial charge in [0.2, 0.25) is 5.89 Å². The number of rotatable bonds is 5. The summed E-state index contributed by atoms with van der Waals surface area (Å²) in [6.45, 7) is 1.35. The number of likely N-dealkylation sites (tertiary alicyclic amines) is 1. The van der Waals surface area contributed by atoms with E-state index in [2.05, 4.69) is 10.1 Å². The molecule has 7 nitrogen and oxygen atoms in total. The Morgan fingerprint density at radius 3 is 2.75 bits per heavy atom. The van der Waals surface area contributed by atoms with Crippen molar-refractivity contribution in [2.24, 2.45) is 5.73 Å². The summed E-state index contributed by atoms with van der Waals surface area (Å²) >= 11 is 0. The second-order valence-corrected chi connectivity index (χ2v) is 7.60. The molecule has 28 heavy (non-hydrogen) atoms. The summed E-state index contributed by atoms with van der Waals surface area (Å²) in [5, 5.41) is 4.15. The zero-order valence-corrected chi connectivity index (χ0v) is 16.7. The largest absolute Gasteiger partial charge is 0.484 e. The normalized spacial score (nSPS) is 21.2. The molecule has 8 heteroatoms. The molecular formula is C20H27ClN4O3. The fourth-order valence-electron chi connectivity index (χ4n) is 3.99. The fourth-order valence-corrected chi connectivity index (χ4v) is 3.99. The molecule has 4 rings (SSSR count). The first-order chi connectivity index (χ1) is 13.1. The van der Waals surface area contributed by atoms with Crippen LogP contribution in [0.5, 0.6) is 5.75 Å². The highest BCUT2D eigenvalue weighted by Crippen LogP contribution is 2.35. The van der Waals surface area contributed by atoms with E-state index in [1.807, 2.05) is 35.2 Å². The highest BCUT2D eigenvalue weighted by Gasteiger charge is 2.37. The van der Waals surface area contributed by atoms with Crippen molar-refractivity contribution in [2.45, 2.75) is 50.0 Å². The average molecular weight is 407 g/mol. The van der Waals surface area contributed by atoms with Gasteiger partial charge in [-0.05, 0) is 37.8 Å². The van der Waals surface area contributed by atoms with Crippen molar-refractivity contribution in [1.82, 2.24) is 15.0 Å². The number of nitrogens with zero attached hydrogens (tertiary/aromatic N) is 3. The van der Waals surface area contributed by atoms with Crippen LogP contribution in [0.15, 0.2) is 34.9 Å². The van der Waals surface area contributed by atoms with Crippen LogP contribution < -0.4 is 10.5 Å². The van der Waals surface area contributed by atoms with Crippen LogP contribution in [0.4, 0.5) is 0 Å². The van der Waals surface area contributed by atoms with Gasteiger partial charge in [-0.15, -0.1) is 12.4 Å². The molecular weight excluding hydrogens is 380 g/mol. The number of carbonyl (C=O) groups excluding carboxylic acids is 1. The smallest absolute Gasteiger partial charge is 0.260 e. The molecule has 1 aliphatic heterocycles. The number of aromatic nitrogens is 2. The lowest BCUT2D eigenvalue weighted by Crippen LogP contribution is -2.41. The van der Waals surface area contributed by atoms with Crippen molar-refractivity contribution in [3.63, 3.8) is 0 Å². The predicted molar refractivity (Wildman–Crippen MR) is 106 cm³/mol. The number of halogens is 1. The number of carbonyl (C=O) groups is 1. The molecule has 1 amide bonds. The van der Waals surface area contributed by atoms with Gasteiger partial charge in [0.15, 0.2) is 12.4 Å². The van der Waals surface area contributed by atoms with E-state index in [-0.39, 0.29) is 30.8 Å². The second-order valence-electron chi connectivity index (χ2n) is 7.60. The zero-order valence-electron chi connectivity index (χ0n) is 15.9. The van der Waals surface area contributed by atoms with Crippen LogP contribution in [-0.2, 0) is 10.3 Å². The Morgan fingerprint density at radius 2 is 2.00 bits per heavy atom. The van der Waals surface area contributed by atoms with Gasteiger partial charge < -0.3 is 19.9 Å². The molecule has 1 unspecified atom stereocenters. The Morgan fingerprint density at radius 1 is 1.25 bits per heavy atom. The maximum Gasteiger partial charge on any atom is 0.260 e. The van der Waals surface area contributed by atoms with Gasteiger partial charge in [-0.25, -0.2) is 0 Å². The second kappa shape index (κ2) is 8.92. The Labute approximate surface area is 171 Å². The van der Waals surface area contributed by atoms with Crippen LogP contribution >= 0.6 is 12.4 Å². The zero-order chi connectivity index (χ0) is 18.7. The Kier molecular flexibility index (Phi) is 6.57. The number of amides is 1. The summed E-state index contributed by atoms with van der Waals surface area (Å²) in [5.74, 6) is 1.96. The van der Waals surface area contributed by atoms with Gasteiger partial charge in [-0.1, -0.05) is 36.2 Å². The number of ether oxygens (including phenoxy) is 1. The van der Waals surface area contributed by atoms with E-state index < -0.39 is 5.54 Å². The summed E-state index contributed by atoms with van der Waals surface area (Å²) < 4.78 is 11.1. The summed E-state index contributed by atoms with van der Waals surface area (Å²) in [6, 6.07) is 9.38. The number of piperidine rings is 1. The first kappa shape index (κ1) is 20.6. The minimum Gasteiger partial charge on any atom is -0.484 e. The molecule has 1 saturated heterocycles. The van der Waals surface area contributed by atoms with Gasteiger partial charge in [-0.2, -0.15) is 4.98 Å². The Hall–Kier alpha value is -2.12.